The van der Waals surface area contributed by atoms with Crippen LogP contribution in [0.2, 0.25) is 5.02 Å². The Hall–Kier alpha value is -1.84. The van der Waals surface area contributed by atoms with Crippen molar-refractivity contribution in [2.24, 2.45) is 5.73 Å². The van der Waals surface area contributed by atoms with Crippen LogP contribution >= 0.6 is 11.6 Å². The molecule has 1 amide bonds. The van der Waals surface area contributed by atoms with Crippen LogP contribution in [-0.2, 0) is 11.3 Å². The number of hydrogen-bond donors (Lipinski definition) is 2. The minimum absolute atomic E-state index is 0.0218. The van der Waals surface area contributed by atoms with Crippen molar-refractivity contribution in [1.82, 2.24) is 5.32 Å². The van der Waals surface area contributed by atoms with Crippen LogP contribution in [0.4, 0.5) is 0 Å². The summed E-state index contributed by atoms with van der Waals surface area (Å²) in [5.41, 5.74) is 8.56. The van der Waals surface area contributed by atoms with E-state index in [0.717, 1.165) is 21.7 Å². The first-order valence-electron chi connectivity index (χ1n) is 6.50. The maximum atomic E-state index is 11.3. The highest BCUT2D eigenvalue weighted by Crippen LogP contribution is 2.22. The zero-order valence-corrected chi connectivity index (χ0v) is 11.9. The third-order valence-corrected chi connectivity index (χ3v) is 3.21. The molecule has 3 N–H and O–H groups in total. The average molecular weight is 289 g/mol. The molecule has 104 valence electrons. The van der Waals surface area contributed by atoms with Crippen LogP contribution in [0.3, 0.4) is 0 Å². The largest absolute Gasteiger partial charge is 0.352 e. The molecule has 3 nitrogen and oxygen atoms in total. The lowest BCUT2D eigenvalue weighted by Gasteiger charge is -2.06. The Morgan fingerprint density at radius 2 is 1.85 bits per heavy atom. The van der Waals surface area contributed by atoms with E-state index in [0.29, 0.717) is 19.5 Å². The molecule has 0 saturated heterocycles. The number of nitrogens with two attached hydrogens (primary N) is 1. The molecule has 4 heteroatoms. The topological polar surface area (TPSA) is 55.1 Å². The summed E-state index contributed by atoms with van der Waals surface area (Å²) in [4.78, 5) is 11.3. The van der Waals surface area contributed by atoms with E-state index in [1.165, 1.54) is 0 Å². The van der Waals surface area contributed by atoms with Crippen LogP contribution in [0.5, 0.6) is 0 Å². The summed E-state index contributed by atoms with van der Waals surface area (Å²) in [7, 11) is 0. The van der Waals surface area contributed by atoms with Crippen molar-refractivity contribution in [3.8, 4) is 11.1 Å². The van der Waals surface area contributed by atoms with Crippen molar-refractivity contribution in [2.45, 2.75) is 13.0 Å². The number of hydrogen-bond acceptors (Lipinski definition) is 2. The Morgan fingerprint density at radius 1 is 1.10 bits per heavy atom. The van der Waals surface area contributed by atoms with Crippen LogP contribution in [0.15, 0.2) is 48.5 Å². The Balaban J connectivity index is 2.01. The first-order valence-corrected chi connectivity index (χ1v) is 6.88. The molecule has 0 bridgehead atoms. The lowest BCUT2D eigenvalue weighted by molar-refractivity contribution is -0.121. The normalized spacial score (nSPS) is 10.3. The molecule has 0 atom stereocenters. The van der Waals surface area contributed by atoms with E-state index in [2.05, 4.69) is 5.32 Å². The van der Waals surface area contributed by atoms with Crippen molar-refractivity contribution in [1.29, 1.82) is 0 Å². The van der Waals surface area contributed by atoms with E-state index in [1.54, 1.807) is 0 Å². The number of halogens is 1. The van der Waals surface area contributed by atoms with Crippen molar-refractivity contribution in [3.05, 3.63) is 59.1 Å². The van der Waals surface area contributed by atoms with Gasteiger partial charge in [-0.1, -0.05) is 48.0 Å². The summed E-state index contributed by atoms with van der Waals surface area (Å²) in [6.07, 6.45) is 0.362. The van der Waals surface area contributed by atoms with Crippen molar-refractivity contribution in [2.75, 3.05) is 6.54 Å². The molecule has 0 aliphatic heterocycles. The molecule has 2 aromatic rings. The molecule has 0 aliphatic carbocycles. The summed E-state index contributed by atoms with van der Waals surface area (Å²) >= 11 is 5.98. The van der Waals surface area contributed by atoms with Gasteiger partial charge in [0.15, 0.2) is 0 Å². The number of rotatable bonds is 5. The second-order valence-corrected chi connectivity index (χ2v) is 4.96. The van der Waals surface area contributed by atoms with Gasteiger partial charge in [0, 0.05) is 24.5 Å². The number of carbonyl (C=O) groups excluding carboxylic acids is 1. The van der Waals surface area contributed by atoms with Gasteiger partial charge in [0.1, 0.15) is 0 Å². The molecule has 0 fully saturated rings. The van der Waals surface area contributed by atoms with Crippen LogP contribution in [0.25, 0.3) is 11.1 Å². The summed E-state index contributed by atoms with van der Waals surface area (Å²) in [5.74, 6) is -0.0218. The van der Waals surface area contributed by atoms with Crippen molar-refractivity contribution < 1.29 is 4.79 Å². The number of benzene rings is 2. The lowest BCUT2D eigenvalue weighted by atomic mass is 10.0. The third-order valence-electron chi connectivity index (χ3n) is 2.97. The fraction of sp³-hybridized carbons (Fsp3) is 0.188. The third kappa shape index (κ3) is 4.08. The van der Waals surface area contributed by atoms with Gasteiger partial charge < -0.3 is 11.1 Å². The average Bonchev–Trinajstić information content (AvgIpc) is 2.46. The van der Waals surface area contributed by atoms with Gasteiger partial charge in [-0.15, -0.1) is 0 Å². The quantitative estimate of drug-likeness (QED) is 0.889. The lowest BCUT2D eigenvalue weighted by Crippen LogP contribution is -2.24. The van der Waals surface area contributed by atoms with Gasteiger partial charge in [0.05, 0.1) is 0 Å². The first-order chi connectivity index (χ1) is 9.69. The van der Waals surface area contributed by atoms with Crippen LogP contribution < -0.4 is 11.1 Å². The Labute approximate surface area is 123 Å². The highest BCUT2D eigenvalue weighted by atomic mass is 35.5. The molecular formula is C16H17ClN2O. The minimum atomic E-state index is -0.0218. The van der Waals surface area contributed by atoms with Crippen LogP contribution in [-0.4, -0.2) is 12.5 Å². The fourth-order valence-corrected chi connectivity index (χ4v) is 2.09. The maximum Gasteiger partial charge on any atom is 0.221 e. The molecular weight excluding hydrogens is 272 g/mol. The zero-order chi connectivity index (χ0) is 14.4. The van der Waals surface area contributed by atoms with Crippen LogP contribution in [0.1, 0.15) is 12.0 Å². The van der Waals surface area contributed by atoms with Gasteiger partial charge in [-0.05, 0) is 28.8 Å². The number of amides is 1. The second kappa shape index (κ2) is 7.08. The molecule has 0 spiro atoms. The maximum absolute atomic E-state index is 11.3. The Morgan fingerprint density at radius 3 is 2.50 bits per heavy atom. The molecule has 2 aromatic carbocycles. The fourth-order valence-electron chi connectivity index (χ4n) is 1.90. The second-order valence-electron chi connectivity index (χ2n) is 4.52. The van der Waals surface area contributed by atoms with Crippen molar-refractivity contribution in [3.63, 3.8) is 0 Å². The molecule has 0 heterocycles. The van der Waals surface area contributed by atoms with Crippen LogP contribution in [0, 0.1) is 0 Å². The number of nitrogens with one attached hydrogen (secondary N) is 1. The Bertz CT molecular complexity index is 581. The highest BCUT2D eigenvalue weighted by Gasteiger charge is 2.01. The molecule has 0 unspecified atom stereocenters. The van der Waals surface area contributed by atoms with E-state index in [9.17, 15) is 4.79 Å². The van der Waals surface area contributed by atoms with Gasteiger partial charge >= 0.3 is 0 Å². The predicted octanol–water partition coefficient (Wildman–Crippen LogP) is 2.97. The molecule has 0 aliphatic rings. The van der Waals surface area contributed by atoms with Crippen molar-refractivity contribution >= 4 is 17.5 Å². The SMILES string of the molecule is NCCC(=O)NCc1ccc(-c2cccc(Cl)c2)cc1. The Kier molecular flexibility index (Phi) is 5.16. The van der Waals surface area contributed by atoms with E-state index >= 15 is 0 Å². The molecule has 0 aromatic heterocycles. The molecule has 2 rings (SSSR count). The molecule has 20 heavy (non-hydrogen) atoms. The highest BCUT2D eigenvalue weighted by molar-refractivity contribution is 6.30. The summed E-state index contributed by atoms with van der Waals surface area (Å²) in [6, 6.07) is 15.8. The van der Waals surface area contributed by atoms with E-state index in [-0.39, 0.29) is 5.91 Å². The van der Waals surface area contributed by atoms with E-state index in [4.69, 9.17) is 17.3 Å². The molecule has 0 saturated carbocycles. The zero-order valence-electron chi connectivity index (χ0n) is 11.1. The van der Waals surface area contributed by atoms with Gasteiger partial charge in [-0.2, -0.15) is 0 Å². The monoisotopic (exact) mass is 288 g/mol. The smallest absolute Gasteiger partial charge is 0.221 e. The van der Waals surface area contributed by atoms with E-state index in [1.807, 2.05) is 48.5 Å². The van der Waals surface area contributed by atoms with Gasteiger partial charge in [-0.3, -0.25) is 4.79 Å². The predicted molar refractivity (Wildman–Crippen MR) is 82.4 cm³/mol. The number of carbonyl (C=O) groups is 1. The summed E-state index contributed by atoms with van der Waals surface area (Å²) in [5, 5.41) is 3.55. The summed E-state index contributed by atoms with van der Waals surface area (Å²) < 4.78 is 0. The van der Waals surface area contributed by atoms with E-state index < -0.39 is 0 Å². The minimum Gasteiger partial charge on any atom is -0.352 e. The standard InChI is InChI=1S/C16H17ClN2O/c17-15-3-1-2-14(10-15)13-6-4-12(5-7-13)11-19-16(20)8-9-18/h1-7,10H,8-9,11,18H2,(H,19,20). The molecule has 0 radical (unpaired) electrons. The van der Waals surface area contributed by atoms with Gasteiger partial charge in [0.25, 0.3) is 0 Å². The first kappa shape index (κ1) is 14.6. The summed E-state index contributed by atoms with van der Waals surface area (Å²) in [6.45, 7) is 0.897. The van der Waals surface area contributed by atoms with Gasteiger partial charge in [0.2, 0.25) is 5.91 Å². The van der Waals surface area contributed by atoms with Gasteiger partial charge in [-0.25, -0.2) is 0 Å².